The summed E-state index contributed by atoms with van der Waals surface area (Å²) in [5.74, 6) is -0.142. The third-order valence-electron chi connectivity index (χ3n) is 5.17. The molecule has 132 valence electrons. The average Bonchev–Trinajstić information content (AvgIpc) is 3.25. The molecule has 0 bridgehead atoms. The van der Waals surface area contributed by atoms with Crippen molar-refractivity contribution in [2.45, 2.75) is 31.5 Å². The maximum atomic E-state index is 12.7. The standard InChI is InChI=1S/C17H21F3N2O2/c18-17(19,20)12-3-1-2-11(8-12)14(23)10-22-15(24)13-9-16(13)4-6-21-7-5-16/h1-3,8,13-14,21,23H,4-7,9-10H2,(H,22,24). The number of alkyl halides is 3. The van der Waals surface area contributed by atoms with Crippen molar-refractivity contribution in [3.63, 3.8) is 0 Å². The van der Waals surface area contributed by atoms with Crippen LogP contribution in [0.1, 0.15) is 36.5 Å². The van der Waals surface area contributed by atoms with Gasteiger partial charge in [-0.05, 0) is 55.5 Å². The van der Waals surface area contributed by atoms with Gasteiger partial charge in [0.2, 0.25) is 5.91 Å². The number of benzene rings is 1. The molecule has 1 spiro atoms. The quantitative estimate of drug-likeness (QED) is 0.786. The number of aliphatic hydroxyl groups excluding tert-OH is 1. The SMILES string of the molecule is O=C(NCC(O)c1cccc(C(F)(F)F)c1)C1CC12CCNCC2. The fourth-order valence-corrected chi connectivity index (χ4v) is 3.56. The van der Waals surface area contributed by atoms with E-state index in [2.05, 4.69) is 10.6 Å². The highest BCUT2D eigenvalue weighted by Crippen LogP contribution is 2.58. The van der Waals surface area contributed by atoms with Gasteiger partial charge in [0.15, 0.2) is 0 Å². The molecule has 1 aliphatic heterocycles. The fourth-order valence-electron chi connectivity index (χ4n) is 3.56. The summed E-state index contributed by atoms with van der Waals surface area (Å²) in [5, 5.41) is 16.0. The minimum absolute atomic E-state index is 0.0340. The highest BCUT2D eigenvalue weighted by Gasteiger charge is 2.57. The van der Waals surface area contributed by atoms with Crippen LogP contribution >= 0.6 is 0 Å². The van der Waals surface area contributed by atoms with Crippen LogP contribution in [0.15, 0.2) is 24.3 Å². The lowest BCUT2D eigenvalue weighted by molar-refractivity contribution is -0.137. The summed E-state index contributed by atoms with van der Waals surface area (Å²) in [6, 6.07) is 4.56. The summed E-state index contributed by atoms with van der Waals surface area (Å²) >= 11 is 0. The maximum Gasteiger partial charge on any atom is 0.416 e. The van der Waals surface area contributed by atoms with Crippen LogP contribution < -0.4 is 10.6 Å². The number of piperidine rings is 1. The second kappa shape index (κ2) is 6.37. The number of halogens is 3. The van der Waals surface area contributed by atoms with Crippen molar-refractivity contribution < 1.29 is 23.1 Å². The largest absolute Gasteiger partial charge is 0.416 e. The topological polar surface area (TPSA) is 61.4 Å². The Bertz CT molecular complexity index is 612. The molecule has 1 heterocycles. The van der Waals surface area contributed by atoms with Crippen LogP contribution in [0.25, 0.3) is 0 Å². The molecule has 0 aromatic heterocycles. The van der Waals surface area contributed by atoms with Crippen molar-refractivity contribution in [3.05, 3.63) is 35.4 Å². The lowest BCUT2D eigenvalue weighted by Gasteiger charge is -2.23. The maximum absolute atomic E-state index is 12.7. The van der Waals surface area contributed by atoms with Crippen molar-refractivity contribution in [2.75, 3.05) is 19.6 Å². The van der Waals surface area contributed by atoms with Crippen molar-refractivity contribution in [2.24, 2.45) is 11.3 Å². The molecular formula is C17H21F3N2O2. The van der Waals surface area contributed by atoms with E-state index < -0.39 is 17.8 Å². The molecule has 4 nitrogen and oxygen atoms in total. The molecule has 2 aliphatic rings. The number of nitrogens with one attached hydrogen (secondary N) is 2. The van der Waals surface area contributed by atoms with E-state index in [0.29, 0.717) is 0 Å². The van der Waals surface area contributed by atoms with Gasteiger partial charge in [0.1, 0.15) is 0 Å². The molecule has 2 unspecified atom stereocenters. The summed E-state index contributed by atoms with van der Waals surface area (Å²) in [6.45, 7) is 1.75. The lowest BCUT2D eigenvalue weighted by Crippen LogP contribution is -2.35. The Hall–Kier alpha value is -1.60. The van der Waals surface area contributed by atoms with Gasteiger partial charge in [0.05, 0.1) is 11.7 Å². The molecular weight excluding hydrogens is 321 g/mol. The van der Waals surface area contributed by atoms with Crippen LogP contribution in [0.4, 0.5) is 13.2 Å². The van der Waals surface area contributed by atoms with Crippen LogP contribution in [-0.4, -0.2) is 30.6 Å². The van der Waals surface area contributed by atoms with Crippen LogP contribution in [0, 0.1) is 11.3 Å². The van der Waals surface area contributed by atoms with Crippen molar-refractivity contribution in [3.8, 4) is 0 Å². The predicted molar refractivity (Wildman–Crippen MR) is 82.1 cm³/mol. The molecule has 7 heteroatoms. The zero-order chi connectivity index (χ0) is 17.4. The number of carbonyl (C=O) groups excluding carboxylic acids is 1. The Morgan fingerprint density at radius 2 is 2.08 bits per heavy atom. The van der Waals surface area contributed by atoms with Gasteiger partial charge in [-0.1, -0.05) is 12.1 Å². The van der Waals surface area contributed by atoms with Crippen LogP contribution in [0.3, 0.4) is 0 Å². The highest BCUT2D eigenvalue weighted by atomic mass is 19.4. The van der Waals surface area contributed by atoms with Gasteiger partial charge in [-0.3, -0.25) is 4.79 Å². The number of hydrogen-bond acceptors (Lipinski definition) is 3. The first kappa shape index (κ1) is 17.2. The van der Waals surface area contributed by atoms with E-state index in [9.17, 15) is 23.1 Å². The molecule has 3 N–H and O–H groups in total. The molecule has 2 atom stereocenters. The first-order chi connectivity index (χ1) is 11.3. The first-order valence-electron chi connectivity index (χ1n) is 8.15. The zero-order valence-electron chi connectivity index (χ0n) is 13.2. The molecule has 0 radical (unpaired) electrons. The van der Waals surface area contributed by atoms with Gasteiger partial charge in [-0.15, -0.1) is 0 Å². The summed E-state index contributed by atoms with van der Waals surface area (Å²) < 4.78 is 38.1. The van der Waals surface area contributed by atoms with Gasteiger partial charge in [0.25, 0.3) is 0 Å². The molecule has 1 saturated heterocycles. The first-order valence-corrected chi connectivity index (χ1v) is 8.15. The highest BCUT2D eigenvalue weighted by molar-refractivity contribution is 5.82. The van der Waals surface area contributed by atoms with Crippen LogP contribution in [-0.2, 0) is 11.0 Å². The number of hydrogen-bond donors (Lipinski definition) is 3. The van der Waals surface area contributed by atoms with E-state index in [1.54, 1.807) is 0 Å². The molecule has 1 saturated carbocycles. The van der Waals surface area contributed by atoms with E-state index in [-0.39, 0.29) is 29.3 Å². The number of carbonyl (C=O) groups is 1. The Labute approximate surface area is 138 Å². The van der Waals surface area contributed by atoms with Crippen molar-refractivity contribution in [1.82, 2.24) is 10.6 Å². The van der Waals surface area contributed by atoms with Crippen LogP contribution in [0.2, 0.25) is 0 Å². The van der Waals surface area contributed by atoms with Gasteiger partial charge in [-0.25, -0.2) is 0 Å². The van der Waals surface area contributed by atoms with E-state index in [1.807, 2.05) is 0 Å². The van der Waals surface area contributed by atoms with Gasteiger partial charge < -0.3 is 15.7 Å². The van der Waals surface area contributed by atoms with Gasteiger partial charge in [0, 0.05) is 12.5 Å². The van der Waals surface area contributed by atoms with Crippen LogP contribution in [0.5, 0.6) is 0 Å². The van der Waals surface area contributed by atoms with E-state index in [0.717, 1.165) is 44.5 Å². The predicted octanol–water partition coefficient (Wildman–Crippen LogP) is 2.24. The Kier molecular flexibility index (Phi) is 4.57. The zero-order valence-corrected chi connectivity index (χ0v) is 13.2. The molecule has 24 heavy (non-hydrogen) atoms. The Balaban J connectivity index is 1.54. The minimum Gasteiger partial charge on any atom is -0.387 e. The lowest BCUT2D eigenvalue weighted by atomic mass is 9.92. The number of amides is 1. The minimum atomic E-state index is -4.45. The summed E-state index contributed by atoms with van der Waals surface area (Å²) in [6.07, 6.45) is -2.80. The molecule has 2 fully saturated rings. The fraction of sp³-hybridized carbons (Fsp3) is 0.588. The Morgan fingerprint density at radius 3 is 2.75 bits per heavy atom. The third kappa shape index (κ3) is 3.57. The van der Waals surface area contributed by atoms with Gasteiger partial charge >= 0.3 is 6.18 Å². The van der Waals surface area contributed by atoms with E-state index in [1.165, 1.54) is 12.1 Å². The third-order valence-corrected chi connectivity index (χ3v) is 5.17. The molecule has 1 aliphatic carbocycles. The normalized spacial score (nSPS) is 23.8. The van der Waals surface area contributed by atoms with Crippen molar-refractivity contribution >= 4 is 5.91 Å². The number of aliphatic hydroxyl groups is 1. The smallest absolute Gasteiger partial charge is 0.387 e. The molecule has 3 rings (SSSR count). The second-order valence-electron chi connectivity index (χ2n) is 6.75. The van der Waals surface area contributed by atoms with Crippen molar-refractivity contribution in [1.29, 1.82) is 0 Å². The molecule has 1 amide bonds. The van der Waals surface area contributed by atoms with E-state index >= 15 is 0 Å². The molecule has 1 aromatic carbocycles. The number of rotatable bonds is 4. The van der Waals surface area contributed by atoms with Gasteiger partial charge in [-0.2, -0.15) is 13.2 Å². The summed E-state index contributed by atoms with van der Waals surface area (Å²) in [7, 11) is 0. The second-order valence-corrected chi connectivity index (χ2v) is 6.75. The van der Waals surface area contributed by atoms with E-state index in [4.69, 9.17) is 0 Å². The molecule has 1 aromatic rings. The Morgan fingerprint density at radius 1 is 1.38 bits per heavy atom. The average molecular weight is 342 g/mol. The summed E-state index contributed by atoms with van der Waals surface area (Å²) in [5.41, 5.74) is -0.560. The monoisotopic (exact) mass is 342 g/mol. The summed E-state index contributed by atoms with van der Waals surface area (Å²) in [4.78, 5) is 12.2.